The van der Waals surface area contributed by atoms with Crippen molar-refractivity contribution in [3.63, 3.8) is 0 Å². The fourth-order valence-electron chi connectivity index (χ4n) is 1.45. The number of primary amides is 1. The molecule has 0 aliphatic rings. The van der Waals surface area contributed by atoms with Gasteiger partial charge in [-0.2, -0.15) is 0 Å². The quantitative estimate of drug-likeness (QED) is 0.819. The molecule has 3 nitrogen and oxygen atoms in total. The Morgan fingerprint density at radius 2 is 2.13 bits per heavy atom. The van der Waals surface area contributed by atoms with Crippen molar-refractivity contribution in [3.8, 4) is 5.75 Å². The van der Waals surface area contributed by atoms with E-state index < -0.39 is 0 Å². The maximum Gasteiger partial charge on any atom is 0.221 e. The number of amides is 1. The third kappa shape index (κ3) is 2.98. The lowest BCUT2D eigenvalue weighted by atomic mass is 10.00. The molecule has 15 heavy (non-hydrogen) atoms. The van der Waals surface area contributed by atoms with Gasteiger partial charge in [0.15, 0.2) is 0 Å². The van der Waals surface area contributed by atoms with Gasteiger partial charge in [0.2, 0.25) is 5.91 Å². The highest BCUT2D eigenvalue weighted by Crippen LogP contribution is 2.24. The number of carbonyl (C=O) groups is 1. The molecule has 0 bridgehead atoms. The summed E-state index contributed by atoms with van der Waals surface area (Å²) in [5, 5.41) is 0. The third-order valence-corrected chi connectivity index (χ3v) is 2.34. The lowest BCUT2D eigenvalue weighted by Crippen LogP contribution is -2.14. The molecule has 3 heteroatoms. The molecule has 0 spiro atoms. The van der Waals surface area contributed by atoms with Crippen LogP contribution in [0.25, 0.3) is 0 Å². The molecule has 0 fully saturated rings. The summed E-state index contributed by atoms with van der Waals surface area (Å²) in [6.45, 7) is 4.23. The van der Waals surface area contributed by atoms with Crippen LogP contribution in [0.5, 0.6) is 5.75 Å². The second-order valence-corrected chi connectivity index (χ2v) is 3.87. The SMILES string of the molecule is COc1cc(C(C)C)ccc1CC(N)=O. The molecule has 0 aliphatic carbocycles. The molecular formula is C12H17NO2. The molecule has 0 aliphatic heterocycles. The summed E-state index contributed by atoms with van der Waals surface area (Å²) < 4.78 is 5.23. The number of methoxy groups -OCH3 is 1. The van der Waals surface area contributed by atoms with E-state index in [-0.39, 0.29) is 12.3 Å². The zero-order valence-electron chi connectivity index (χ0n) is 9.41. The molecule has 2 N–H and O–H groups in total. The minimum atomic E-state index is -0.342. The Kier molecular flexibility index (Phi) is 3.72. The van der Waals surface area contributed by atoms with E-state index in [1.165, 1.54) is 5.56 Å². The van der Waals surface area contributed by atoms with Crippen molar-refractivity contribution in [1.29, 1.82) is 0 Å². The van der Waals surface area contributed by atoms with Gasteiger partial charge in [-0.05, 0) is 17.5 Å². The van der Waals surface area contributed by atoms with Crippen molar-refractivity contribution in [2.45, 2.75) is 26.2 Å². The minimum absolute atomic E-state index is 0.224. The lowest BCUT2D eigenvalue weighted by molar-refractivity contribution is -0.117. The number of hydrogen-bond acceptors (Lipinski definition) is 2. The zero-order valence-corrected chi connectivity index (χ0v) is 9.41. The molecule has 0 aromatic heterocycles. The summed E-state index contributed by atoms with van der Waals surface area (Å²) in [5.41, 5.74) is 7.19. The Morgan fingerprint density at radius 1 is 1.47 bits per heavy atom. The van der Waals surface area contributed by atoms with E-state index in [4.69, 9.17) is 10.5 Å². The lowest BCUT2D eigenvalue weighted by Gasteiger charge is -2.11. The molecule has 0 saturated heterocycles. The number of benzene rings is 1. The molecule has 1 aromatic rings. The summed E-state index contributed by atoms with van der Waals surface area (Å²) in [7, 11) is 1.60. The van der Waals surface area contributed by atoms with Gasteiger partial charge in [-0.15, -0.1) is 0 Å². The summed E-state index contributed by atoms with van der Waals surface area (Å²) in [6.07, 6.45) is 0.224. The van der Waals surface area contributed by atoms with Gasteiger partial charge in [-0.1, -0.05) is 26.0 Å². The largest absolute Gasteiger partial charge is 0.496 e. The van der Waals surface area contributed by atoms with E-state index in [9.17, 15) is 4.79 Å². The van der Waals surface area contributed by atoms with Gasteiger partial charge in [0.25, 0.3) is 0 Å². The molecule has 0 radical (unpaired) electrons. The zero-order chi connectivity index (χ0) is 11.4. The monoisotopic (exact) mass is 207 g/mol. The second-order valence-electron chi connectivity index (χ2n) is 3.87. The van der Waals surface area contributed by atoms with Crippen LogP contribution in [0.4, 0.5) is 0 Å². The van der Waals surface area contributed by atoms with Crippen LogP contribution in [0.3, 0.4) is 0 Å². The van der Waals surface area contributed by atoms with E-state index >= 15 is 0 Å². The number of nitrogens with two attached hydrogens (primary N) is 1. The molecule has 0 atom stereocenters. The summed E-state index contributed by atoms with van der Waals surface area (Å²) in [4.78, 5) is 10.8. The minimum Gasteiger partial charge on any atom is -0.496 e. The number of carbonyl (C=O) groups excluding carboxylic acids is 1. The van der Waals surface area contributed by atoms with Gasteiger partial charge in [-0.3, -0.25) is 4.79 Å². The molecule has 0 heterocycles. The van der Waals surface area contributed by atoms with Crippen LogP contribution in [0.15, 0.2) is 18.2 Å². The first-order valence-corrected chi connectivity index (χ1v) is 4.99. The summed E-state index contributed by atoms with van der Waals surface area (Å²) in [6, 6.07) is 5.87. The van der Waals surface area contributed by atoms with Gasteiger partial charge in [-0.25, -0.2) is 0 Å². The second kappa shape index (κ2) is 4.82. The average Bonchev–Trinajstić information content (AvgIpc) is 2.17. The van der Waals surface area contributed by atoms with E-state index in [1.54, 1.807) is 7.11 Å². The van der Waals surface area contributed by atoms with Gasteiger partial charge in [0.1, 0.15) is 5.75 Å². The van der Waals surface area contributed by atoms with E-state index in [0.717, 1.165) is 11.3 Å². The standard InChI is InChI=1S/C12H17NO2/c1-8(2)9-4-5-10(7-12(13)14)11(6-9)15-3/h4-6,8H,7H2,1-3H3,(H2,13,14). The Morgan fingerprint density at radius 3 is 2.60 bits per heavy atom. The maximum absolute atomic E-state index is 10.8. The van der Waals surface area contributed by atoms with Crippen LogP contribution in [0, 0.1) is 0 Å². The molecule has 0 unspecified atom stereocenters. The van der Waals surface area contributed by atoms with Crippen LogP contribution in [-0.4, -0.2) is 13.0 Å². The predicted octanol–water partition coefficient (Wildman–Crippen LogP) is 1.85. The molecule has 1 rings (SSSR count). The molecule has 1 amide bonds. The molecule has 82 valence electrons. The Balaban J connectivity index is 3.03. The van der Waals surface area contributed by atoms with Crippen LogP contribution in [-0.2, 0) is 11.2 Å². The summed E-state index contributed by atoms with van der Waals surface area (Å²) >= 11 is 0. The van der Waals surface area contributed by atoms with Crippen molar-refractivity contribution in [3.05, 3.63) is 29.3 Å². The van der Waals surface area contributed by atoms with Gasteiger partial charge in [0.05, 0.1) is 13.5 Å². The fraction of sp³-hybridized carbons (Fsp3) is 0.417. The topological polar surface area (TPSA) is 52.3 Å². The number of rotatable bonds is 4. The Labute approximate surface area is 90.2 Å². The molecular weight excluding hydrogens is 190 g/mol. The van der Waals surface area contributed by atoms with Crippen molar-refractivity contribution < 1.29 is 9.53 Å². The van der Waals surface area contributed by atoms with Gasteiger partial charge >= 0.3 is 0 Å². The third-order valence-electron chi connectivity index (χ3n) is 2.34. The smallest absolute Gasteiger partial charge is 0.221 e. The first-order valence-electron chi connectivity index (χ1n) is 4.99. The van der Waals surface area contributed by atoms with Crippen LogP contribution in [0.1, 0.15) is 30.9 Å². The van der Waals surface area contributed by atoms with E-state index in [0.29, 0.717) is 5.92 Å². The molecule has 1 aromatic carbocycles. The Bertz CT molecular complexity index is 359. The average molecular weight is 207 g/mol. The first-order chi connectivity index (χ1) is 7.04. The van der Waals surface area contributed by atoms with Crippen molar-refractivity contribution >= 4 is 5.91 Å². The van der Waals surface area contributed by atoms with Crippen LogP contribution < -0.4 is 10.5 Å². The Hall–Kier alpha value is -1.51. The van der Waals surface area contributed by atoms with Crippen LogP contribution >= 0.6 is 0 Å². The highest BCUT2D eigenvalue weighted by Gasteiger charge is 2.08. The fourth-order valence-corrected chi connectivity index (χ4v) is 1.45. The van der Waals surface area contributed by atoms with Crippen LogP contribution in [0.2, 0.25) is 0 Å². The highest BCUT2D eigenvalue weighted by atomic mass is 16.5. The van der Waals surface area contributed by atoms with Gasteiger partial charge in [0, 0.05) is 5.56 Å². The van der Waals surface area contributed by atoms with Crippen molar-refractivity contribution in [2.24, 2.45) is 5.73 Å². The summed E-state index contributed by atoms with van der Waals surface area (Å²) in [5.74, 6) is 0.840. The number of ether oxygens (including phenoxy) is 1. The number of hydrogen-bond donors (Lipinski definition) is 1. The molecule has 0 saturated carbocycles. The first kappa shape index (κ1) is 11.6. The predicted molar refractivity (Wildman–Crippen MR) is 60.0 cm³/mol. The maximum atomic E-state index is 10.8. The highest BCUT2D eigenvalue weighted by molar-refractivity contribution is 5.77. The van der Waals surface area contributed by atoms with E-state index in [1.807, 2.05) is 18.2 Å². The van der Waals surface area contributed by atoms with E-state index in [2.05, 4.69) is 13.8 Å². The normalized spacial score (nSPS) is 10.4. The van der Waals surface area contributed by atoms with Crippen molar-refractivity contribution in [1.82, 2.24) is 0 Å². The van der Waals surface area contributed by atoms with Crippen molar-refractivity contribution in [2.75, 3.05) is 7.11 Å². The van der Waals surface area contributed by atoms with Gasteiger partial charge < -0.3 is 10.5 Å².